The number of nitrogens with one attached hydrogen (secondary N) is 2. The number of ether oxygens (including phenoxy) is 1. The highest BCUT2D eigenvalue weighted by Gasteiger charge is 2.60. The fourth-order valence-electron chi connectivity index (χ4n) is 6.55. The summed E-state index contributed by atoms with van der Waals surface area (Å²) < 4.78 is 45.0. The van der Waals surface area contributed by atoms with Gasteiger partial charge in [-0.1, -0.05) is 6.92 Å². The van der Waals surface area contributed by atoms with Gasteiger partial charge in [-0.2, -0.15) is 13.2 Å². The van der Waals surface area contributed by atoms with Crippen LogP contribution in [0.5, 0.6) is 5.88 Å². The van der Waals surface area contributed by atoms with Gasteiger partial charge in [-0.25, -0.2) is 9.97 Å². The minimum atomic E-state index is -4.43. The fraction of sp³-hybridized carbons (Fsp3) is 0.538. The van der Waals surface area contributed by atoms with Crippen molar-refractivity contribution in [3.8, 4) is 5.88 Å². The lowest BCUT2D eigenvalue weighted by Crippen LogP contribution is -2.53. The van der Waals surface area contributed by atoms with E-state index in [9.17, 15) is 22.8 Å². The topological polar surface area (TPSA) is 99.7 Å². The van der Waals surface area contributed by atoms with E-state index >= 15 is 0 Å². The van der Waals surface area contributed by atoms with Crippen molar-refractivity contribution in [2.24, 2.45) is 11.3 Å². The molecule has 1 saturated carbocycles. The van der Waals surface area contributed by atoms with E-state index in [1.165, 1.54) is 6.20 Å². The van der Waals surface area contributed by atoms with Crippen molar-refractivity contribution in [1.82, 2.24) is 20.2 Å². The molecule has 2 N–H and O–H groups in total. The molecule has 4 aliphatic rings. The second-order valence-electron chi connectivity index (χ2n) is 10.7. The summed E-state index contributed by atoms with van der Waals surface area (Å²) in [5, 5.41) is 6.32. The highest BCUT2D eigenvalue weighted by molar-refractivity contribution is 5.94. The van der Waals surface area contributed by atoms with E-state index < -0.39 is 17.2 Å². The number of hydrogen-bond acceptors (Lipinski definition) is 7. The summed E-state index contributed by atoms with van der Waals surface area (Å²) in [6.45, 7) is 3.99. The van der Waals surface area contributed by atoms with Gasteiger partial charge < -0.3 is 25.2 Å². The van der Waals surface area contributed by atoms with E-state index in [2.05, 4.69) is 27.5 Å². The van der Waals surface area contributed by atoms with Crippen molar-refractivity contribution in [2.45, 2.75) is 51.0 Å². The molecule has 2 unspecified atom stereocenters. The number of anilines is 2. The maximum atomic E-state index is 13.7. The van der Waals surface area contributed by atoms with Crippen molar-refractivity contribution in [2.75, 3.05) is 36.5 Å². The predicted molar refractivity (Wildman–Crippen MR) is 131 cm³/mol. The van der Waals surface area contributed by atoms with Crippen LogP contribution in [-0.4, -0.2) is 65.0 Å². The van der Waals surface area contributed by atoms with Crippen LogP contribution in [0, 0.1) is 11.3 Å². The third-order valence-electron chi connectivity index (χ3n) is 8.62. The summed E-state index contributed by atoms with van der Waals surface area (Å²) >= 11 is 0. The lowest BCUT2D eigenvalue weighted by atomic mass is 9.74. The van der Waals surface area contributed by atoms with Gasteiger partial charge in [0, 0.05) is 44.6 Å². The van der Waals surface area contributed by atoms with Gasteiger partial charge in [0.1, 0.15) is 11.5 Å². The van der Waals surface area contributed by atoms with Gasteiger partial charge >= 0.3 is 6.18 Å². The smallest absolute Gasteiger partial charge is 0.416 e. The molecule has 4 atom stereocenters. The van der Waals surface area contributed by atoms with Gasteiger partial charge in [0.25, 0.3) is 5.91 Å². The van der Waals surface area contributed by atoms with Gasteiger partial charge in [0.15, 0.2) is 6.61 Å². The number of alkyl halides is 3. The van der Waals surface area contributed by atoms with Crippen LogP contribution in [0.2, 0.25) is 0 Å². The van der Waals surface area contributed by atoms with E-state index in [0.29, 0.717) is 50.0 Å². The number of carbonyl (C=O) groups excluding carboxylic acids is 2. The molecule has 1 aliphatic carbocycles. The molecule has 2 saturated heterocycles. The van der Waals surface area contributed by atoms with Gasteiger partial charge in [0.05, 0.1) is 17.0 Å². The fourth-order valence-corrected chi connectivity index (χ4v) is 6.55. The Bertz CT molecular complexity index is 1270. The first kappa shape index (κ1) is 24.9. The molecule has 0 radical (unpaired) electrons. The summed E-state index contributed by atoms with van der Waals surface area (Å²) in [5.74, 6) is 0.713. The number of halogens is 3. The second kappa shape index (κ2) is 9.11. The first-order chi connectivity index (χ1) is 18.1. The molecule has 5 heterocycles. The minimum Gasteiger partial charge on any atom is -0.466 e. The molecule has 0 bridgehead atoms. The Morgan fingerprint density at radius 3 is 2.89 bits per heavy atom. The first-order valence-corrected chi connectivity index (χ1v) is 12.9. The van der Waals surface area contributed by atoms with Gasteiger partial charge in [0.2, 0.25) is 11.8 Å². The molecule has 1 spiro atoms. The molecule has 12 heteroatoms. The van der Waals surface area contributed by atoms with Crippen LogP contribution >= 0.6 is 0 Å². The number of amides is 2. The normalized spacial score (nSPS) is 28.8. The molecule has 2 aromatic heterocycles. The van der Waals surface area contributed by atoms with E-state index in [-0.39, 0.29) is 36.4 Å². The van der Waals surface area contributed by atoms with Crippen molar-refractivity contribution in [1.29, 1.82) is 0 Å². The Morgan fingerprint density at radius 2 is 2.08 bits per heavy atom. The highest BCUT2D eigenvalue weighted by atomic mass is 19.4. The average Bonchev–Trinajstić information content (AvgIpc) is 3.43. The second-order valence-corrected chi connectivity index (χ2v) is 10.7. The Labute approximate surface area is 217 Å². The van der Waals surface area contributed by atoms with Crippen LogP contribution in [0.15, 0.2) is 30.6 Å². The van der Waals surface area contributed by atoms with Crippen molar-refractivity contribution in [3.63, 3.8) is 0 Å². The third kappa shape index (κ3) is 4.24. The number of piperazine rings is 1. The van der Waals surface area contributed by atoms with Gasteiger partial charge in [-0.3, -0.25) is 9.59 Å². The van der Waals surface area contributed by atoms with Crippen molar-refractivity contribution in [3.05, 3.63) is 41.7 Å². The number of aromatic nitrogens is 2. The molecule has 0 aromatic carbocycles. The molecule has 3 aliphatic heterocycles. The third-order valence-corrected chi connectivity index (χ3v) is 8.62. The molecule has 202 valence electrons. The van der Waals surface area contributed by atoms with Crippen molar-refractivity contribution >= 4 is 23.3 Å². The first-order valence-electron chi connectivity index (χ1n) is 12.9. The van der Waals surface area contributed by atoms with Crippen LogP contribution in [0.4, 0.5) is 24.7 Å². The van der Waals surface area contributed by atoms with Crippen LogP contribution in [0.1, 0.15) is 37.3 Å². The summed E-state index contributed by atoms with van der Waals surface area (Å²) in [7, 11) is 0. The number of pyridine rings is 2. The van der Waals surface area contributed by atoms with Gasteiger partial charge in [-0.05, 0) is 48.9 Å². The summed E-state index contributed by atoms with van der Waals surface area (Å²) in [5.41, 5.74) is 0.267. The lowest BCUT2D eigenvalue weighted by molar-refractivity contribution is -0.138. The Hall–Kier alpha value is -3.41. The summed E-state index contributed by atoms with van der Waals surface area (Å²) in [6.07, 6.45) is 0.818. The molecular formula is C26H29F3N6O3. The zero-order chi connectivity index (χ0) is 26.7. The van der Waals surface area contributed by atoms with E-state index in [0.717, 1.165) is 30.5 Å². The Balaban J connectivity index is 1.12. The molecular weight excluding hydrogens is 501 g/mol. The SMILES string of the molecule is CC1C2CN(c3cc(C(F)(F)F)ccn3)CCN2C(=O)[C@]12CC[C@@H](NCc1cnc3c(c1)NC(=O)CO3)C2. The number of rotatable bonds is 4. The zero-order valence-electron chi connectivity index (χ0n) is 20.9. The minimum absolute atomic E-state index is 0.0415. The number of fused-ring (bicyclic) bond motifs is 2. The monoisotopic (exact) mass is 530 g/mol. The number of nitrogens with zero attached hydrogens (tertiary/aromatic N) is 4. The summed E-state index contributed by atoms with van der Waals surface area (Å²) in [4.78, 5) is 37.6. The molecule has 3 fully saturated rings. The predicted octanol–water partition coefficient (Wildman–Crippen LogP) is 2.82. The number of carbonyl (C=O) groups is 2. The van der Waals surface area contributed by atoms with Crippen LogP contribution in [0.3, 0.4) is 0 Å². The molecule has 38 heavy (non-hydrogen) atoms. The molecule has 2 amide bonds. The quantitative estimate of drug-likeness (QED) is 0.627. The molecule has 6 rings (SSSR count). The summed E-state index contributed by atoms with van der Waals surface area (Å²) in [6, 6.07) is 3.99. The maximum absolute atomic E-state index is 13.7. The van der Waals surface area contributed by atoms with Crippen molar-refractivity contribution < 1.29 is 27.5 Å². The van der Waals surface area contributed by atoms with Gasteiger partial charge in [-0.15, -0.1) is 0 Å². The molecule has 2 aromatic rings. The Morgan fingerprint density at radius 1 is 1.24 bits per heavy atom. The van der Waals surface area contributed by atoms with E-state index in [4.69, 9.17) is 4.74 Å². The largest absolute Gasteiger partial charge is 0.466 e. The number of hydrogen-bond donors (Lipinski definition) is 2. The highest BCUT2D eigenvalue weighted by Crippen LogP contribution is 2.53. The maximum Gasteiger partial charge on any atom is 0.416 e. The zero-order valence-corrected chi connectivity index (χ0v) is 20.9. The van der Waals surface area contributed by atoms with E-state index in [1.54, 1.807) is 6.20 Å². The van der Waals surface area contributed by atoms with Crippen LogP contribution < -0.4 is 20.3 Å². The van der Waals surface area contributed by atoms with Crippen LogP contribution in [0.25, 0.3) is 0 Å². The van der Waals surface area contributed by atoms with Crippen LogP contribution in [-0.2, 0) is 22.3 Å². The van der Waals surface area contributed by atoms with E-state index in [1.807, 2.05) is 15.9 Å². The molecule has 9 nitrogen and oxygen atoms in total. The Kier molecular flexibility index (Phi) is 5.97. The average molecular weight is 531 g/mol. The standard InChI is InChI=1S/C26H29F3N6O3/c1-15-20-13-34(21-9-17(3-5-30-21)26(27,28)29)6-7-35(20)24(37)25(15)4-2-18(10-25)31-11-16-8-19-23(32-12-16)38-14-22(36)33-19/h3,5,8-9,12,15,18,20,31H,2,4,6-7,10-11,13-14H2,1H3,(H,33,36)/t15?,18-,20?,25+/m1/s1. The lowest BCUT2D eigenvalue weighted by Gasteiger charge is -2.39.